The Hall–Kier alpha value is -3.95. The predicted molar refractivity (Wildman–Crippen MR) is 147 cm³/mol. The highest BCUT2D eigenvalue weighted by Gasteiger charge is 2.33. The van der Waals surface area contributed by atoms with E-state index >= 15 is 0 Å². The summed E-state index contributed by atoms with van der Waals surface area (Å²) in [6, 6.07) is 17.4. The predicted octanol–water partition coefficient (Wildman–Crippen LogP) is 4.08. The minimum atomic E-state index is -0.417. The van der Waals surface area contributed by atoms with E-state index in [1.807, 2.05) is 44.3 Å². The molecule has 3 amide bonds. The Kier molecular flexibility index (Phi) is 8.93. The van der Waals surface area contributed by atoms with E-state index in [9.17, 15) is 14.7 Å². The van der Waals surface area contributed by atoms with Gasteiger partial charge in [-0.25, -0.2) is 4.79 Å². The van der Waals surface area contributed by atoms with Gasteiger partial charge in [0.25, 0.3) is 5.91 Å². The quantitative estimate of drug-likeness (QED) is 0.416. The summed E-state index contributed by atoms with van der Waals surface area (Å²) in [6.07, 6.45) is 3.35. The number of nitrogens with one attached hydrogen (secondary N) is 2. The van der Waals surface area contributed by atoms with Crippen molar-refractivity contribution >= 4 is 23.3 Å². The van der Waals surface area contributed by atoms with Crippen LogP contribution in [0.1, 0.15) is 29.8 Å². The molecule has 4 rings (SSSR count). The van der Waals surface area contributed by atoms with Crippen LogP contribution in [0, 0.1) is 5.92 Å². The second-order valence-corrected chi connectivity index (χ2v) is 9.83. The Bertz CT molecular complexity index is 1220. The number of nitrogens with zero attached hydrogens (tertiary/aromatic N) is 3. The highest BCUT2D eigenvalue weighted by molar-refractivity contribution is 6.02. The van der Waals surface area contributed by atoms with Crippen LogP contribution in [0.4, 0.5) is 16.2 Å². The molecular formula is C29H35N5O4. The molecule has 0 saturated carbocycles. The molecule has 3 aromatic rings. The third-order valence-electron chi connectivity index (χ3n) is 6.65. The molecule has 0 aliphatic carbocycles. The van der Waals surface area contributed by atoms with Crippen LogP contribution >= 0.6 is 0 Å². The van der Waals surface area contributed by atoms with E-state index in [0.29, 0.717) is 35.8 Å². The van der Waals surface area contributed by atoms with E-state index in [4.69, 9.17) is 4.74 Å². The van der Waals surface area contributed by atoms with Gasteiger partial charge in [-0.3, -0.25) is 14.7 Å². The lowest BCUT2D eigenvalue weighted by Crippen LogP contribution is -2.49. The number of fused-ring (bicyclic) bond motifs is 1. The molecule has 3 atom stereocenters. The number of rotatable bonds is 8. The van der Waals surface area contributed by atoms with Crippen molar-refractivity contribution in [2.75, 3.05) is 37.4 Å². The average molecular weight is 518 g/mol. The highest BCUT2D eigenvalue weighted by Crippen LogP contribution is 2.31. The van der Waals surface area contributed by atoms with Gasteiger partial charge >= 0.3 is 6.03 Å². The first-order chi connectivity index (χ1) is 18.3. The third kappa shape index (κ3) is 6.87. The van der Waals surface area contributed by atoms with E-state index in [1.54, 1.807) is 47.6 Å². The largest absolute Gasteiger partial charge is 0.488 e. The highest BCUT2D eigenvalue weighted by atomic mass is 16.5. The minimum Gasteiger partial charge on any atom is -0.488 e. The van der Waals surface area contributed by atoms with Crippen molar-refractivity contribution in [1.82, 2.24) is 14.8 Å². The number of aliphatic hydroxyl groups excluding tert-OH is 1. The maximum Gasteiger partial charge on any atom is 0.323 e. The maximum atomic E-state index is 13.6. The summed E-state index contributed by atoms with van der Waals surface area (Å²) in [5.41, 5.74) is 2.62. The number of carbonyl (C=O) groups excluding carboxylic acids is 2. The van der Waals surface area contributed by atoms with Crippen molar-refractivity contribution in [3.63, 3.8) is 0 Å². The molecule has 2 heterocycles. The molecule has 38 heavy (non-hydrogen) atoms. The van der Waals surface area contributed by atoms with Gasteiger partial charge in [-0.15, -0.1) is 0 Å². The van der Waals surface area contributed by atoms with Gasteiger partial charge in [0.2, 0.25) is 0 Å². The molecule has 0 spiro atoms. The van der Waals surface area contributed by atoms with Crippen LogP contribution in [-0.4, -0.2) is 70.7 Å². The third-order valence-corrected chi connectivity index (χ3v) is 6.65. The van der Waals surface area contributed by atoms with Crippen LogP contribution in [0.25, 0.3) is 0 Å². The summed E-state index contributed by atoms with van der Waals surface area (Å²) in [7, 11) is 2.04. The summed E-state index contributed by atoms with van der Waals surface area (Å²) in [5.74, 6) is 0.215. The van der Waals surface area contributed by atoms with Gasteiger partial charge < -0.3 is 25.4 Å². The molecule has 0 bridgehead atoms. The lowest BCUT2D eigenvalue weighted by Gasteiger charge is -2.38. The van der Waals surface area contributed by atoms with Crippen molar-refractivity contribution < 1.29 is 19.4 Å². The Morgan fingerprint density at radius 3 is 2.55 bits per heavy atom. The molecule has 1 aliphatic rings. The van der Waals surface area contributed by atoms with Crippen molar-refractivity contribution in [1.29, 1.82) is 0 Å². The van der Waals surface area contributed by atoms with Gasteiger partial charge in [0, 0.05) is 49.3 Å². The average Bonchev–Trinajstić information content (AvgIpc) is 2.91. The number of para-hydroxylation sites is 1. The lowest BCUT2D eigenvalue weighted by molar-refractivity contribution is 0.0341. The maximum absolute atomic E-state index is 13.6. The topological polar surface area (TPSA) is 107 Å². The van der Waals surface area contributed by atoms with Gasteiger partial charge in [0.05, 0.1) is 18.2 Å². The van der Waals surface area contributed by atoms with E-state index in [0.717, 1.165) is 12.1 Å². The molecule has 0 saturated heterocycles. The second-order valence-electron chi connectivity index (χ2n) is 9.83. The Labute approximate surface area is 223 Å². The van der Waals surface area contributed by atoms with Gasteiger partial charge in [-0.05, 0) is 62.0 Å². The van der Waals surface area contributed by atoms with E-state index in [1.165, 1.54) is 0 Å². The van der Waals surface area contributed by atoms with Crippen LogP contribution in [-0.2, 0) is 6.54 Å². The standard InChI is InChI=1S/C29H35N5O4/c1-20-16-34(21(2)19-35)28(36)25-15-24(32-29(37)31-23-7-5-4-6-8-23)9-10-26(25)38-27(20)18-33(3)17-22-11-13-30-14-12-22/h4-15,20-21,27,35H,16-19H2,1-3H3,(H2,31,32,37)/t20-,21+,27-/m0/s1. The molecule has 3 N–H and O–H groups in total. The fraction of sp³-hybridized carbons (Fsp3) is 0.345. The zero-order valence-electron chi connectivity index (χ0n) is 22.0. The molecule has 9 nitrogen and oxygen atoms in total. The number of benzene rings is 2. The number of carbonyl (C=O) groups is 2. The summed E-state index contributed by atoms with van der Waals surface area (Å²) >= 11 is 0. The van der Waals surface area contributed by atoms with E-state index < -0.39 is 6.03 Å². The van der Waals surface area contributed by atoms with Gasteiger partial charge in [-0.1, -0.05) is 25.1 Å². The van der Waals surface area contributed by atoms with Crippen molar-refractivity contribution in [2.45, 2.75) is 32.5 Å². The molecular weight excluding hydrogens is 482 g/mol. The van der Waals surface area contributed by atoms with Crippen LogP contribution in [0.15, 0.2) is 73.1 Å². The number of ether oxygens (including phenoxy) is 1. The van der Waals surface area contributed by atoms with E-state index in [2.05, 4.69) is 27.4 Å². The number of hydrogen-bond acceptors (Lipinski definition) is 6. The minimum absolute atomic E-state index is 0.00967. The number of urea groups is 1. The monoisotopic (exact) mass is 517 g/mol. The smallest absolute Gasteiger partial charge is 0.323 e. The van der Waals surface area contributed by atoms with Crippen molar-refractivity contribution in [3.05, 3.63) is 84.2 Å². The van der Waals surface area contributed by atoms with Gasteiger partial charge in [-0.2, -0.15) is 0 Å². The van der Waals surface area contributed by atoms with Crippen LogP contribution in [0.3, 0.4) is 0 Å². The van der Waals surface area contributed by atoms with Crippen LogP contribution in [0.2, 0.25) is 0 Å². The zero-order chi connectivity index (χ0) is 27.1. The Morgan fingerprint density at radius 1 is 1.13 bits per heavy atom. The number of likely N-dealkylation sites (N-methyl/N-ethyl adjacent to an activating group) is 1. The Balaban J connectivity index is 1.56. The molecule has 0 fully saturated rings. The lowest BCUT2D eigenvalue weighted by atomic mass is 9.99. The second kappa shape index (κ2) is 12.5. The first-order valence-corrected chi connectivity index (χ1v) is 12.8. The Morgan fingerprint density at radius 2 is 1.84 bits per heavy atom. The first-order valence-electron chi connectivity index (χ1n) is 12.8. The molecule has 1 aromatic heterocycles. The fourth-order valence-electron chi connectivity index (χ4n) is 4.50. The van der Waals surface area contributed by atoms with Crippen molar-refractivity contribution in [2.24, 2.45) is 5.92 Å². The first kappa shape index (κ1) is 27.1. The van der Waals surface area contributed by atoms with Gasteiger partial charge in [0.1, 0.15) is 11.9 Å². The van der Waals surface area contributed by atoms with Gasteiger partial charge in [0.15, 0.2) is 0 Å². The fourth-order valence-corrected chi connectivity index (χ4v) is 4.50. The number of hydrogen-bond donors (Lipinski definition) is 3. The molecule has 2 aromatic carbocycles. The van der Waals surface area contributed by atoms with E-state index in [-0.39, 0.29) is 30.6 Å². The molecule has 9 heteroatoms. The molecule has 0 unspecified atom stereocenters. The number of aliphatic hydroxyl groups is 1. The summed E-state index contributed by atoms with van der Waals surface area (Å²) in [6.45, 7) is 5.53. The SMILES string of the molecule is C[C@H](CO)N1C[C@H](C)[C@H](CN(C)Cc2ccncc2)Oc2ccc(NC(=O)Nc3ccccc3)cc2C1=O. The van der Waals surface area contributed by atoms with Crippen molar-refractivity contribution in [3.8, 4) is 5.75 Å². The van der Waals surface area contributed by atoms with Crippen LogP contribution < -0.4 is 15.4 Å². The molecule has 0 radical (unpaired) electrons. The molecule has 200 valence electrons. The number of pyridine rings is 1. The number of aromatic nitrogens is 1. The normalized spacial score (nSPS) is 18.1. The number of amides is 3. The number of anilines is 2. The summed E-state index contributed by atoms with van der Waals surface area (Å²) in [4.78, 5) is 34.1. The molecule has 1 aliphatic heterocycles. The zero-order valence-corrected chi connectivity index (χ0v) is 22.0. The summed E-state index contributed by atoms with van der Waals surface area (Å²) < 4.78 is 6.45. The summed E-state index contributed by atoms with van der Waals surface area (Å²) in [5, 5.41) is 15.5. The van der Waals surface area contributed by atoms with Crippen LogP contribution in [0.5, 0.6) is 5.75 Å².